The Balaban J connectivity index is 1.69. The van der Waals surface area contributed by atoms with Gasteiger partial charge in [-0.1, -0.05) is 68.2 Å². The summed E-state index contributed by atoms with van der Waals surface area (Å²) in [6.45, 7) is 6.35. The minimum atomic E-state index is -1.27. The van der Waals surface area contributed by atoms with Gasteiger partial charge in [-0.3, -0.25) is 19.8 Å². The van der Waals surface area contributed by atoms with Crippen LogP contribution in [0.25, 0.3) is 0 Å². The molecule has 0 bridgehead atoms. The second-order valence-corrected chi connectivity index (χ2v) is 13.3. The molecular weight excluding hydrogens is 607 g/mol. The van der Waals surface area contributed by atoms with E-state index in [0.29, 0.717) is 27.8 Å². The number of amides is 1. The maximum atomic E-state index is 14.4. The Bertz CT molecular complexity index is 1630. The molecule has 0 saturated carbocycles. The van der Waals surface area contributed by atoms with Gasteiger partial charge in [-0.05, 0) is 41.3 Å². The molecule has 0 radical (unpaired) electrons. The molecule has 0 aliphatic carbocycles. The van der Waals surface area contributed by atoms with Crippen molar-refractivity contribution in [3.05, 3.63) is 103 Å². The fourth-order valence-corrected chi connectivity index (χ4v) is 7.10. The number of halogens is 2. The molecule has 5 rings (SSSR count). The summed E-state index contributed by atoms with van der Waals surface area (Å²) in [4.78, 5) is 40.0. The molecule has 3 aromatic rings. The largest absolute Gasteiger partial charge is 0.465 e. The first-order chi connectivity index (χ1) is 20.8. The van der Waals surface area contributed by atoms with Crippen LogP contribution in [-0.4, -0.2) is 59.2 Å². The quantitative estimate of drug-likeness (QED) is 0.167. The van der Waals surface area contributed by atoms with E-state index < -0.39 is 34.4 Å². The highest BCUT2D eigenvalue weighted by Gasteiger charge is 2.66. The molecular formula is C32H34Cl2N4O6. The van der Waals surface area contributed by atoms with Crippen molar-refractivity contribution in [1.82, 2.24) is 10.2 Å². The molecule has 2 aliphatic rings. The Morgan fingerprint density at radius 2 is 1.86 bits per heavy atom. The first kappa shape index (κ1) is 31.9. The number of rotatable bonds is 8. The standard InChI is InChI=1S/C32H34Cl2N4O6/c1-31(2,3)17-37-26(16-39)28(35-15-20-9-8-19(29(40)44-4)13-25(20)38(42)43)27(18-6-5-7-21(33)12-18)32(37)23-11-10-22(34)14-24(23)36-30(32)41/h5-14,26-28,35,39H,15-17H2,1-4H3,(H,36,41)/t26-,27-,28+,32+/m0/s1. The zero-order chi connectivity index (χ0) is 32.0. The van der Waals surface area contributed by atoms with Crippen LogP contribution in [0, 0.1) is 15.5 Å². The van der Waals surface area contributed by atoms with Crippen LogP contribution in [0.4, 0.5) is 11.4 Å². The van der Waals surface area contributed by atoms with Crippen molar-refractivity contribution in [2.24, 2.45) is 5.41 Å². The first-order valence-corrected chi connectivity index (χ1v) is 14.9. The van der Waals surface area contributed by atoms with Crippen LogP contribution < -0.4 is 10.6 Å². The van der Waals surface area contributed by atoms with Gasteiger partial charge in [-0.25, -0.2) is 4.79 Å². The van der Waals surface area contributed by atoms with Crippen LogP contribution in [0.15, 0.2) is 60.7 Å². The Morgan fingerprint density at radius 3 is 2.50 bits per heavy atom. The predicted molar refractivity (Wildman–Crippen MR) is 168 cm³/mol. The summed E-state index contributed by atoms with van der Waals surface area (Å²) >= 11 is 12.9. The van der Waals surface area contributed by atoms with Crippen molar-refractivity contribution in [2.75, 3.05) is 25.6 Å². The number of hydrogen-bond acceptors (Lipinski definition) is 8. The summed E-state index contributed by atoms with van der Waals surface area (Å²) in [6, 6.07) is 15.6. The normalized spacial score (nSPS) is 23.1. The van der Waals surface area contributed by atoms with Gasteiger partial charge in [0.05, 0.1) is 30.2 Å². The number of anilines is 1. The highest BCUT2D eigenvalue weighted by molar-refractivity contribution is 6.31. The van der Waals surface area contributed by atoms with Gasteiger partial charge < -0.3 is 20.5 Å². The highest BCUT2D eigenvalue weighted by atomic mass is 35.5. The number of nitro benzene ring substituents is 1. The SMILES string of the molecule is COC(=O)c1ccc(CN[C@@H]2[C@H](CO)N(CC(C)(C)C)[C@@]3(C(=O)Nc4cc(Cl)ccc43)[C@H]2c2cccc(Cl)c2)c([N+](=O)[O-])c1. The lowest BCUT2D eigenvalue weighted by molar-refractivity contribution is -0.385. The van der Waals surface area contributed by atoms with Crippen LogP contribution >= 0.6 is 23.2 Å². The summed E-state index contributed by atoms with van der Waals surface area (Å²) in [5.74, 6) is -1.53. The molecule has 44 heavy (non-hydrogen) atoms. The Morgan fingerprint density at radius 1 is 1.14 bits per heavy atom. The number of carbonyl (C=O) groups is 2. The number of nitrogens with zero attached hydrogens (tertiary/aromatic N) is 2. The molecule has 232 valence electrons. The zero-order valence-electron chi connectivity index (χ0n) is 24.8. The monoisotopic (exact) mass is 640 g/mol. The number of aliphatic hydroxyl groups is 1. The summed E-state index contributed by atoms with van der Waals surface area (Å²) in [5.41, 5.74) is 0.640. The average Bonchev–Trinajstić information content (AvgIpc) is 3.40. The minimum Gasteiger partial charge on any atom is -0.465 e. The Hall–Kier alpha value is -3.54. The lowest BCUT2D eigenvalue weighted by Crippen LogP contribution is -2.55. The molecule has 1 saturated heterocycles. The van der Waals surface area contributed by atoms with Gasteiger partial charge in [-0.2, -0.15) is 0 Å². The van der Waals surface area contributed by atoms with Crippen molar-refractivity contribution < 1.29 is 24.4 Å². The summed E-state index contributed by atoms with van der Waals surface area (Å²) < 4.78 is 4.74. The van der Waals surface area contributed by atoms with E-state index in [2.05, 4.69) is 36.3 Å². The predicted octanol–water partition coefficient (Wildman–Crippen LogP) is 5.50. The van der Waals surface area contributed by atoms with Crippen LogP contribution in [-0.2, 0) is 21.6 Å². The van der Waals surface area contributed by atoms with Gasteiger partial charge in [0.15, 0.2) is 0 Å². The van der Waals surface area contributed by atoms with E-state index in [4.69, 9.17) is 27.9 Å². The second kappa shape index (κ2) is 12.1. The number of nitrogens with one attached hydrogen (secondary N) is 2. The highest BCUT2D eigenvalue weighted by Crippen LogP contribution is 2.58. The number of benzene rings is 3. The third-order valence-corrected chi connectivity index (χ3v) is 8.80. The number of nitro groups is 1. The topological polar surface area (TPSA) is 134 Å². The lowest BCUT2D eigenvalue weighted by Gasteiger charge is -2.42. The number of fused-ring (bicyclic) bond motifs is 2. The number of carbonyl (C=O) groups excluding carboxylic acids is 2. The third kappa shape index (κ3) is 5.57. The van der Waals surface area contributed by atoms with E-state index >= 15 is 0 Å². The smallest absolute Gasteiger partial charge is 0.338 e. The van der Waals surface area contributed by atoms with Crippen molar-refractivity contribution in [3.8, 4) is 0 Å². The molecule has 1 fully saturated rings. The van der Waals surface area contributed by atoms with E-state index in [1.54, 1.807) is 18.2 Å². The van der Waals surface area contributed by atoms with Crippen molar-refractivity contribution in [3.63, 3.8) is 0 Å². The van der Waals surface area contributed by atoms with Crippen molar-refractivity contribution in [1.29, 1.82) is 0 Å². The Labute approximate surface area is 265 Å². The van der Waals surface area contributed by atoms with Gasteiger partial charge in [-0.15, -0.1) is 0 Å². The fourth-order valence-electron chi connectivity index (χ4n) is 6.73. The maximum absolute atomic E-state index is 14.4. The van der Waals surface area contributed by atoms with Crippen molar-refractivity contribution >= 4 is 46.5 Å². The Kier molecular flexibility index (Phi) is 8.76. The van der Waals surface area contributed by atoms with E-state index in [1.807, 2.05) is 24.3 Å². The molecule has 0 aromatic heterocycles. The van der Waals surface area contributed by atoms with Gasteiger partial charge in [0.2, 0.25) is 5.91 Å². The van der Waals surface area contributed by atoms with Gasteiger partial charge >= 0.3 is 5.97 Å². The summed E-state index contributed by atoms with van der Waals surface area (Å²) in [6.07, 6.45) is 0. The third-order valence-electron chi connectivity index (χ3n) is 8.33. The van der Waals surface area contributed by atoms with Crippen LogP contribution in [0.1, 0.15) is 53.7 Å². The molecule has 10 nitrogen and oxygen atoms in total. The molecule has 1 spiro atoms. The average molecular weight is 642 g/mol. The molecule has 3 N–H and O–H groups in total. The van der Waals surface area contributed by atoms with Crippen LogP contribution in [0.2, 0.25) is 10.0 Å². The summed E-state index contributed by atoms with van der Waals surface area (Å²) in [7, 11) is 1.21. The summed E-state index contributed by atoms with van der Waals surface area (Å²) in [5, 5.41) is 30.5. The number of hydrogen-bond donors (Lipinski definition) is 3. The van der Waals surface area contributed by atoms with E-state index in [0.717, 1.165) is 11.1 Å². The number of ether oxygens (including phenoxy) is 1. The second-order valence-electron chi connectivity index (χ2n) is 12.4. The van der Waals surface area contributed by atoms with E-state index in [1.165, 1.54) is 25.3 Å². The fraction of sp³-hybridized carbons (Fsp3) is 0.375. The zero-order valence-corrected chi connectivity index (χ0v) is 26.3. The van der Waals surface area contributed by atoms with Crippen LogP contribution in [0.5, 0.6) is 0 Å². The molecule has 2 heterocycles. The molecule has 3 aromatic carbocycles. The molecule has 2 aliphatic heterocycles. The van der Waals surface area contributed by atoms with Crippen LogP contribution in [0.3, 0.4) is 0 Å². The number of aliphatic hydroxyl groups excluding tert-OH is 1. The van der Waals surface area contributed by atoms with Crippen molar-refractivity contribution in [2.45, 2.75) is 50.9 Å². The molecule has 1 amide bonds. The number of likely N-dealkylation sites (tertiary alicyclic amines) is 1. The minimum absolute atomic E-state index is 0.0184. The van der Waals surface area contributed by atoms with Gasteiger partial charge in [0, 0.05) is 58.0 Å². The number of esters is 1. The lowest BCUT2D eigenvalue weighted by atomic mass is 9.73. The van der Waals surface area contributed by atoms with Gasteiger partial charge in [0.25, 0.3) is 5.69 Å². The van der Waals surface area contributed by atoms with E-state index in [9.17, 15) is 24.8 Å². The van der Waals surface area contributed by atoms with E-state index in [-0.39, 0.29) is 35.7 Å². The first-order valence-electron chi connectivity index (χ1n) is 14.2. The van der Waals surface area contributed by atoms with Gasteiger partial charge in [0.1, 0.15) is 5.54 Å². The molecule has 0 unspecified atom stereocenters. The maximum Gasteiger partial charge on any atom is 0.338 e. The molecule has 4 atom stereocenters. The number of methoxy groups -OCH3 is 1. The molecule has 12 heteroatoms.